The number of guanidine groups is 1. The Morgan fingerprint density at radius 1 is 1.21 bits per heavy atom. The molecule has 1 saturated heterocycles. The molecule has 2 N–H and O–H groups in total. The van der Waals surface area contributed by atoms with Crippen LogP contribution in [0.4, 0.5) is 0 Å². The van der Waals surface area contributed by atoms with E-state index in [4.69, 9.17) is 9.73 Å². The van der Waals surface area contributed by atoms with Gasteiger partial charge in [-0.2, -0.15) is 0 Å². The van der Waals surface area contributed by atoms with Crippen molar-refractivity contribution in [3.8, 4) is 0 Å². The highest BCUT2D eigenvalue weighted by atomic mass is 32.1. The first-order valence-corrected chi connectivity index (χ1v) is 11.9. The van der Waals surface area contributed by atoms with E-state index in [1.54, 1.807) is 11.3 Å². The van der Waals surface area contributed by atoms with Crippen LogP contribution in [0.1, 0.15) is 56.7 Å². The second-order valence-corrected chi connectivity index (χ2v) is 8.79. The molecule has 158 valence electrons. The minimum atomic E-state index is 0.218. The SMILES string of the molecule is CCNC(=NCC1(N2CCOCC2)CCCCC1)NCCc1csc(CC)n1. The quantitative estimate of drug-likeness (QED) is 0.513. The van der Waals surface area contributed by atoms with Gasteiger partial charge in [0.25, 0.3) is 0 Å². The predicted molar refractivity (Wildman–Crippen MR) is 117 cm³/mol. The summed E-state index contributed by atoms with van der Waals surface area (Å²) in [6.07, 6.45) is 8.48. The summed E-state index contributed by atoms with van der Waals surface area (Å²) in [4.78, 5) is 12.4. The molecule has 2 aliphatic rings. The van der Waals surface area contributed by atoms with Crippen LogP contribution in [0.5, 0.6) is 0 Å². The van der Waals surface area contributed by atoms with Gasteiger partial charge >= 0.3 is 0 Å². The van der Waals surface area contributed by atoms with Crippen molar-refractivity contribution < 1.29 is 4.74 Å². The van der Waals surface area contributed by atoms with Crippen molar-refractivity contribution in [2.24, 2.45) is 4.99 Å². The van der Waals surface area contributed by atoms with Gasteiger partial charge in [0, 0.05) is 43.5 Å². The van der Waals surface area contributed by atoms with Gasteiger partial charge < -0.3 is 15.4 Å². The summed E-state index contributed by atoms with van der Waals surface area (Å²) in [6.45, 7) is 10.7. The van der Waals surface area contributed by atoms with Crippen LogP contribution in [0.3, 0.4) is 0 Å². The molecule has 3 rings (SSSR count). The maximum atomic E-state index is 5.60. The molecule has 0 amide bonds. The van der Waals surface area contributed by atoms with Gasteiger partial charge in [0.15, 0.2) is 5.96 Å². The van der Waals surface area contributed by atoms with E-state index in [1.807, 2.05) is 0 Å². The lowest BCUT2D eigenvalue weighted by atomic mass is 9.80. The summed E-state index contributed by atoms with van der Waals surface area (Å²) in [5.41, 5.74) is 1.40. The largest absolute Gasteiger partial charge is 0.379 e. The van der Waals surface area contributed by atoms with E-state index in [9.17, 15) is 0 Å². The van der Waals surface area contributed by atoms with Crippen LogP contribution in [-0.4, -0.2) is 67.3 Å². The molecule has 2 fully saturated rings. The number of rotatable bonds is 8. The van der Waals surface area contributed by atoms with Gasteiger partial charge in [-0.3, -0.25) is 9.89 Å². The van der Waals surface area contributed by atoms with Crippen LogP contribution in [0.15, 0.2) is 10.4 Å². The average molecular weight is 408 g/mol. The molecule has 1 aromatic rings. The van der Waals surface area contributed by atoms with E-state index in [-0.39, 0.29) is 5.54 Å². The zero-order valence-corrected chi connectivity index (χ0v) is 18.5. The van der Waals surface area contributed by atoms with Crippen LogP contribution in [0.25, 0.3) is 0 Å². The third kappa shape index (κ3) is 5.91. The Labute approximate surface area is 174 Å². The number of nitrogens with zero attached hydrogens (tertiary/aromatic N) is 3. The average Bonchev–Trinajstić information content (AvgIpc) is 3.21. The van der Waals surface area contributed by atoms with Crippen LogP contribution in [0.2, 0.25) is 0 Å². The van der Waals surface area contributed by atoms with E-state index in [2.05, 4.69) is 39.7 Å². The first-order valence-electron chi connectivity index (χ1n) is 11.0. The molecule has 1 aromatic heterocycles. The van der Waals surface area contributed by atoms with Gasteiger partial charge in [-0.05, 0) is 26.2 Å². The number of aryl methyl sites for hydroxylation is 1. The van der Waals surface area contributed by atoms with Crippen molar-refractivity contribution in [1.29, 1.82) is 0 Å². The van der Waals surface area contributed by atoms with Crippen LogP contribution in [0, 0.1) is 0 Å². The fraction of sp³-hybridized carbons (Fsp3) is 0.810. The summed E-state index contributed by atoms with van der Waals surface area (Å²) in [5, 5.41) is 10.3. The van der Waals surface area contributed by atoms with E-state index >= 15 is 0 Å². The topological polar surface area (TPSA) is 61.8 Å². The number of nitrogens with one attached hydrogen (secondary N) is 2. The highest BCUT2D eigenvalue weighted by Gasteiger charge is 2.38. The highest BCUT2D eigenvalue weighted by molar-refractivity contribution is 7.09. The Morgan fingerprint density at radius 2 is 2.00 bits per heavy atom. The van der Waals surface area contributed by atoms with E-state index in [0.717, 1.165) is 64.7 Å². The highest BCUT2D eigenvalue weighted by Crippen LogP contribution is 2.34. The molecule has 28 heavy (non-hydrogen) atoms. The van der Waals surface area contributed by atoms with Gasteiger partial charge in [-0.1, -0.05) is 26.2 Å². The van der Waals surface area contributed by atoms with Crippen LogP contribution >= 0.6 is 11.3 Å². The van der Waals surface area contributed by atoms with Gasteiger partial charge in [0.05, 0.1) is 30.5 Å². The molecule has 0 atom stereocenters. The van der Waals surface area contributed by atoms with Crippen molar-refractivity contribution in [2.45, 2.75) is 64.3 Å². The molecular weight excluding hydrogens is 370 g/mol. The molecule has 0 radical (unpaired) electrons. The third-order valence-corrected chi connectivity index (χ3v) is 6.96. The van der Waals surface area contributed by atoms with E-state index in [1.165, 1.54) is 42.8 Å². The van der Waals surface area contributed by atoms with Gasteiger partial charge in [-0.15, -0.1) is 11.3 Å². The number of thiazole rings is 1. The zero-order valence-electron chi connectivity index (χ0n) is 17.6. The lowest BCUT2D eigenvalue weighted by Gasteiger charge is -2.47. The maximum absolute atomic E-state index is 5.60. The molecule has 1 saturated carbocycles. The number of ether oxygens (including phenoxy) is 1. The molecule has 1 aliphatic carbocycles. The van der Waals surface area contributed by atoms with Gasteiger partial charge in [0.1, 0.15) is 0 Å². The van der Waals surface area contributed by atoms with Crippen LogP contribution in [-0.2, 0) is 17.6 Å². The monoisotopic (exact) mass is 407 g/mol. The minimum absolute atomic E-state index is 0.218. The molecule has 0 spiro atoms. The summed E-state index contributed by atoms with van der Waals surface area (Å²) >= 11 is 1.76. The summed E-state index contributed by atoms with van der Waals surface area (Å²) in [7, 11) is 0. The Bertz CT molecular complexity index is 606. The normalized spacial score (nSPS) is 20.9. The van der Waals surface area contributed by atoms with E-state index < -0.39 is 0 Å². The number of hydrogen-bond donors (Lipinski definition) is 2. The Kier molecular flexibility index (Phi) is 8.55. The number of hydrogen-bond acceptors (Lipinski definition) is 5. The van der Waals surface area contributed by atoms with Crippen molar-refractivity contribution in [3.63, 3.8) is 0 Å². The van der Waals surface area contributed by atoms with Crippen LogP contribution < -0.4 is 10.6 Å². The van der Waals surface area contributed by atoms with E-state index in [0.29, 0.717) is 0 Å². The number of morpholine rings is 1. The Morgan fingerprint density at radius 3 is 2.68 bits per heavy atom. The molecular formula is C21H37N5OS. The standard InChI is InChI=1S/C21H37N5OS/c1-3-19-25-18(16-28-19)8-11-23-20(22-4-2)24-17-21(9-6-5-7-10-21)26-12-14-27-15-13-26/h16H,3-15,17H2,1-2H3,(H2,22,23,24). The van der Waals surface area contributed by atoms with Gasteiger partial charge in [0.2, 0.25) is 0 Å². The van der Waals surface area contributed by atoms with Crippen molar-refractivity contribution in [3.05, 3.63) is 16.1 Å². The fourth-order valence-electron chi connectivity index (χ4n) is 4.32. The Balaban J connectivity index is 1.58. The molecule has 0 aromatic carbocycles. The van der Waals surface area contributed by atoms with Gasteiger partial charge in [-0.25, -0.2) is 4.98 Å². The molecule has 7 heteroatoms. The second kappa shape index (κ2) is 11.1. The Hall–Kier alpha value is -1.18. The molecule has 0 bridgehead atoms. The molecule has 1 aliphatic heterocycles. The smallest absolute Gasteiger partial charge is 0.191 e. The zero-order chi connectivity index (χ0) is 19.7. The first-order chi connectivity index (χ1) is 13.8. The van der Waals surface area contributed by atoms with Crippen molar-refractivity contribution in [1.82, 2.24) is 20.5 Å². The summed E-state index contributed by atoms with van der Waals surface area (Å²) in [6, 6.07) is 0. The van der Waals surface area contributed by atoms with Crippen molar-refractivity contribution in [2.75, 3.05) is 45.9 Å². The summed E-state index contributed by atoms with van der Waals surface area (Å²) < 4.78 is 5.60. The second-order valence-electron chi connectivity index (χ2n) is 7.84. The predicted octanol–water partition coefficient (Wildman–Crippen LogP) is 2.84. The maximum Gasteiger partial charge on any atom is 0.191 e. The molecule has 6 nitrogen and oxygen atoms in total. The third-order valence-electron chi connectivity index (χ3n) is 5.92. The first kappa shape index (κ1) is 21.5. The number of aromatic nitrogens is 1. The molecule has 0 unspecified atom stereocenters. The minimum Gasteiger partial charge on any atom is -0.379 e. The summed E-state index contributed by atoms with van der Waals surface area (Å²) in [5.74, 6) is 0.937. The molecule has 2 heterocycles. The van der Waals surface area contributed by atoms with Crippen molar-refractivity contribution >= 4 is 17.3 Å². The lowest BCUT2D eigenvalue weighted by molar-refractivity contribution is -0.0333. The lowest BCUT2D eigenvalue weighted by Crippen LogP contribution is -2.56. The number of aliphatic imine (C=N–C) groups is 1. The fourth-order valence-corrected chi connectivity index (χ4v) is 5.10.